The first-order valence-electron chi connectivity index (χ1n) is 9.95. The molecule has 1 saturated heterocycles. The minimum atomic E-state index is -3.62. The zero-order valence-electron chi connectivity index (χ0n) is 16.5. The molecular weight excluding hydrogens is 391 g/mol. The monoisotopic (exact) mass is 416 g/mol. The summed E-state index contributed by atoms with van der Waals surface area (Å²) in [5.41, 5.74) is 1.62. The Labute approximate surface area is 170 Å². The van der Waals surface area contributed by atoms with Gasteiger partial charge in [-0.25, -0.2) is 17.8 Å². The maximum absolute atomic E-state index is 13.4. The fourth-order valence-corrected chi connectivity index (χ4v) is 5.39. The van der Waals surface area contributed by atoms with Crippen molar-refractivity contribution >= 4 is 26.7 Å². The summed E-state index contributed by atoms with van der Waals surface area (Å²) in [7, 11) is -3.62. The first kappa shape index (κ1) is 19.8. The first-order valence-corrected chi connectivity index (χ1v) is 11.4. The third-order valence-corrected chi connectivity index (χ3v) is 7.32. The number of piperazine rings is 1. The second-order valence-corrected chi connectivity index (χ2v) is 9.19. The summed E-state index contributed by atoms with van der Waals surface area (Å²) in [6.45, 7) is 4.77. The van der Waals surface area contributed by atoms with Crippen molar-refractivity contribution in [2.45, 2.75) is 31.2 Å². The van der Waals surface area contributed by atoms with Crippen molar-refractivity contribution in [1.82, 2.24) is 13.9 Å². The van der Waals surface area contributed by atoms with E-state index in [2.05, 4.69) is 16.8 Å². The maximum Gasteiger partial charge on any atom is 0.245 e. The molecule has 0 saturated carbocycles. The van der Waals surface area contributed by atoms with Crippen LogP contribution in [0.4, 0.5) is 10.1 Å². The molecule has 1 aliphatic heterocycles. The summed E-state index contributed by atoms with van der Waals surface area (Å²) in [6, 6.07) is 9.91. The van der Waals surface area contributed by atoms with E-state index in [0.29, 0.717) is 42.1 Å². The van der Waals surface area contributed by atoms with Gasteiger partial charge in [0, 0.05) is 56.2 Å². The Morgan fingerprint density at radius 3 is 2.48 bits per heavy atom. The molecule has 8 heteroatoms. The molecule has 1 aliphatic rings. The van der Waals surface area contributed by atoms with Crippen molar-refractivity contribution in [3.05, 3.63) is 54.6 Å². The average molecular weight is 417 g/mol. The maximum atomic E-state index is 13.4. The highest BCUT2D eigenvalue weighted by molar-refractivity contribution is 7.89. The minimum absolute atomic E-state index is 0.275. The van der Waals surface area contributed by atoms with Crippen LogP contribution in [-0.4, -0.2) is 48.5 Å². The third-order valence-electron chi connectivity index (χ3n) is 5.40. The van der Waals surface area contributed by atoms with Gasteiger partial charge in [-0.2, -0.15) is 4.31 Å². The number of aromatic nitrogens is 2. The summed E-state index contributed by atoms with van der Waals surface area (Å²) in [6.07, 6.45) is 5.42. The van der Waals surface area contributed by atoms with Gasteiger partial charge in [0.1, 0.15) is 16.4 Å². The van der Waals surface area contributed by atoms with Gasteiger partial charge in [0.25, 0.3) is 0 Å². The lowest BCUT2D eigenvalue weighted by atomic mass is 10.2. The van der Waals surface area contributed by atoms with Gasteiger partial charge in [0.15, 0.2) is 0 Å². The molecule has 29 heavy (non-hydrogen) atoms. The SMILES string of the molecule is CCCCn1cc(S(=O)(=O)N2CCN(c3ccc(F)cc3)CC2)c2cccnc21. The number of pyridine rings is 1. The van der Waals surface area contributed by atoms with Crippen LogP contribution in [0, 0.1) is 5.82 Å². The Balaban J connectivity index is 1.57. The molecule has 0 radical (unpaired) electrons. The molecule has 4 rings (SSSR count). The van der Waals surface area contributed by atoms with Crippen molar-refractivity contribution in [3.63, 3.8) is 0 Å². The summed E-state index contributed by atoms with van der Waals surface area (Å²) in [5.74, 6) is -0.275. The highest BCUT2D eigenvalue weighted by Crippen LogP contribution is 2.28. The van der Waals surface area contributed by atoms with Crippen molar-refractivity contribution in [1.29, 1.82) is 0 Å². The van der Waals surface area contributed by atoms with E-state index in [0.717, 1.165) is 25.1 Å². The lowest BCUT2D eigenvalue weighted by Gasteiger charge is -2.35. The van der Waals surface area contributed by atoms with Crippen LogP contribution in [0.1, 0.15) is 19.8 Å². The Kier molecular flexibility index (Phi) is 5.56. The fourth-order valence-electron chi connectivity index (χ4n) is 3.77. The van der Waals surface area contributed by atoms with Crippen LogP contribution in [0.2, 0.25) is 0 Å². The number of hydrogen-bond donors (Lipinski definition) is 0. The number of aryl methyl sites for hydroxylation is 1. The van der Waals surface area contributed by atoms with E-state index in [1.54, 1.807) is 34.9 Å². The zero-order valence-corrected chi connectivity index (χ0v) is 17.3. The van der Waals surface area contributed by atoms with E-state index < -0.39 is 10.0 Å². The molecular formula is C21H25FN4O2S. The topological polar surface area (TPSA) is 58.4 Å². The van der Waals surface area contributed by atoms with Gasteiger partial charge in [-0.05, 0) is 42.8 Å². The van der Waals surface area contributed by atoms with Crippen molar-refractivity contribution in [3.8, 4) is 0 Å². The molecule has 0 N–H and O–H groups in total. The van der Waals surface area contributed by atoms with Crippen molar-refractivity contribution in [2.24, 2.45) is 0 Å². The number of benzene rings is 1. The van der Waals surface area contributed by atoms with Crippen LogP contribution in [-0.2, 0) is 16.6 Å². The highest BCUT2D eigenvalue weighted by atomic mass is 32.2. The summed E-state index contributed by atoms with van der Waals surface area (Å²) in [5, 5.41) is 0.671. The van der Waals surface area contributed by atoms with Crippen LogP contribution < -0.4 is 4.90 Å². The zero-order chi connectivity index (χ0) is 20.4. The van der Waals surface area contributed by atoms with Crippen LogP contribution >= 0.6 is 0 Å². The van der Waals surface area contributed by atoms with E-state index in [1.165, 1.54) is 12.1 Å². The molecule has 2 aromatic heterocycles. The number of halogens is 1. The second kappa shape index (κ2) is 8.12. The molecule has 0 spiro atoms. The molecule has 1 fully saturated rings. The molecule has 0 amide bonds. The molecule has 3 aromatic rings. The van der Waals surface area contributed by atoms with Gasteiger partial charge in [0.2, 0.25) is 10.0 Å². The van der Waals surface area contributed by atoms with Crippen LogP contribution in [0.5, 0.6) is 0 Å². The quantitative estimate of drug-likeness (QED) is 0.617. The Hall–Kier alpha value is -2.45. The standard InChI is InChI=1S/C21H25FN4O2S/c1-2-3-11-25-16-20(19-5-4-10-23-21(19)25)29(27,28)26-14-12-24(13-15-26)18-8-6-17(22)7-9-18/h4-10,16H,2-3,11-15H2,1H3. The molecule has 0 aliphatic carbocycles. The number of rotatable bonds is 6. The number of hydrogen-bond acceptors (Lipinski definition) is 4. The summed E-state index contributed by atoms with van der Waals surface area (Å²) in [4.78, 5) is 6.82. The summed E-state index contributed by atoms with van der Waals surface area (Å²) >= 11 is 0. The smallest absolute Gasteiger partial charge is 0.245 e. The molecule has 154 valence electrons. The van der Waals surface area contributed by atoms with E-state index in [-0.39, 0.29) is 5.82 Å². The van der Waals surface area contributed by atoms with Gasteiger partial charge in [0.05, 0.1) is 0 Å². The lowest BCUT2D eigenvalue weighted by molar-refractivity contribution is 0.385. The normalized spacial score (nSPS) is 15.9. The number of fused-ring (bicyclic) bond motifs is 1. The van der Waals surface area contributed by atoms with E-state index in [1.807, 2.05) is 10.6 Å². The van der Waals surface area contributed by atoms with Gasteiger partial charge in [-0.15, -0.1) is 0 Å². The molecule has 0 unspecified atom stereocenters. The molecule has 0 atom stereocenters. The predicted molar refractivity (Wildman–Crippen MR) is 112 cm³/mol. The molecule has 1 aromatic carbocycles. The lowest BCUT2D eigenvalue weighted by Crippen LogP contribution is -2.48. The minimum Gasteiger partial charge on any atom is -0.369 e. The van der Waals surface area contributed by atoms with E-state index in [9.17, 15) is 12.8 Å². The number of anilines is 1. The molecule has 0 bridgehead atoms. The number of sulfonamides is 1. The number of nitrogens with zero attached hydrogens (tertiary/aromatic N) is 4. The van der Waals surface area contributed by atoms with Crippen LogP contribution in [0.3, 0.4) is 0 Å². The van der Waals surface area contributed by atoms with E-state index in [4.69, 9.17) is 0 Å². The van der Waals surface area contributed by atoms with Crippen molar-refractivity contribution in [2.75, 3.05) is 31.1 Å². The second-order valence-electron chi connectivity index (χ2n) is 7.28. The number of unbranched alkanes of at least 4 members (excludes halogenated alkanes) is 1. The van der Waals surface area contributed by atoms with Gasteiger partial charge in [-0.3, -0.25) is 0 Å². The highest BCUT2D eigenvalue weighted by Gasteiger charge is 2.31. The van der Waals surface area contributed by atoms with Crippen LogP contribution in [0.25, 0.3) is 11.0 Å². The first-order chi connectivity index (χ1) is 14.0. The van der Waals surface area contributed by atoms with Crippen LogP contribution in [0.15, 0.2) is 53.7 Å². The Morgan fingerprint density at radius 1 is 1.07 bits per heavy atom. The Morgan fingerprint density at radius 2 is 1.79 bits per heavy atom. The Bertz CT molecular complexity index is 1090. The van der Waals surface area contributed by atoms with Gasteiger partial charge >= 0.3 is 0 Å². The summed E-state index contributed by atoms with van der Waals surface area (Å²) < 4.78 is 43.4. The molecule has 6 nitrogen and oxygen atoms in total. The van der Waals surface area contributed by atoms with E-state index >= 15 is 0 Å². The molecule has 3 heterocycles. The van der Waals surface area contributed by atoms with Gasteiger partial charge in [-0.1, -0.05) is 13.3 Å². The largest absolute Gasteiger partial charge is 0.369 e. The average Bonchev–Trinajstić information content (AvgIpc) is 3.12. The predicted octanol–water partition coefficient (Wildman–Crippen LogP) is 3.49. The third kappa shape index (κ3) is 3.86. The van der Waals surface area contributed by atoms with Crippen molar-refractivity contribution < 1.29 is 12.8 Å². The van der Waals surface area contributed by atoms with Gasteiger partial charge < -0.3 is 9.47 Å². The fraction of sp³-hybridized carbons (Fsp3) is 0.381.